The molecule has 1 fully saturated rings. The Morgan fingerprint density at radius 3 is 2.35 bits per heavy atom. The third kappa shape index (κ3) is 3.81. The number of nitriles is 1. The molecule has 0 amide bonds. The van der Waals surface area contributed by atoms with E-state index in [4.69, 9.17) is 10.4 Å². The van der Waals surface area contributed by atoms with Crippen LogP contribution < -0.4 is 0 Å². The molecular weight excluding hydrogens is 278 g/mol. The molecule has 2 rings (SSSR count). The molecule has 5 nitrogen and oxygen atoms in total. The van der Waals surface area contributed by atoms with Crippen molar-refractivity contribution in [1.82, 2.24) is 0 Å². The third-order valence-electron chi connectivity index (χ3n) is 3.48. The summed E-state index contributed by atoms with van der Waals surface area (Å²) >= 11 is 0. The van der Waals surface area contributed by atoms with E-state index in [9.17, 15) is 13.2 Å². The maximum absolute atomic E-state index is 12.1. The molecule has 1 saturated carbocycles. The van der Waals surface area contributed by atoms with Gasteiger partial charge in [0.25, 0.3) is 0 Å². The fraction of sp³-hybridized carbons (Fsp3) is 0.429. The van der Waals surface area contributed by atoms with Crippen molar-refractivity contribution < 1.29 is 18.3 Å². The van der Waals surface area contributed by atoms with Crippen LogP contribution in [0.4, 0.5) is 0 Å². The second kappa shape index (κ2) is 5.25. The summed E-state index contributed by atoms with van der Waals surface area (Å²) in [6.07, 6.45) is 1.23. The summed E-state index contributed by atoms with van der Waals surface area (Å²) in [6, 6.07) is 8.36. The van der Waals surface area contributed by atoms with Crippen LogP contribution in [0.1, 0.15) is 30.4 Å². The number of sulfone groups is 1. The number of carbonyl (C=O) groups is 1. The summed E-state index contributed by atoms with van der Waals surface area (Å²) < 4.78 is 24.3. The molecule has 0 saturated heterocycles. The van der Waals surface area contributed by atoms with E-state index in [2.05, 4.69) is 0 Å². The minimum absolute atomic E-state index is 0.0771. The van der Waals surface area contributed by atoms with Gasteiger partial charge in [-0.25, -0.2) is 8.42 Å². The zero-order valence-electron chi connectivity index (χ0n) is 10.9. The van der Waals surface area contributed by atoms with Crippen LogP contribution in [0, 0.1) is 16.7 Å². The van der Waals surface area contributed by atoms with Crippen LogP contribution in [0.3, 0.4) is 0 Å². The maximum atomic E-state index is 12.1. The van der Waals surface area contributed by atoms with Gasteiger partial charge in [0.05, 0.1) is 29.6 Å². The van der Waals surface area contributed by atoms with Gasteiger partial charge in [0, 0.05) is 0 Å². The van der Waals surface area contributed by atoms with Gasteiger partial charge in [-0.1, -0.05) is 12.1 Å². The minimum atomic E-state index is -3.34. The predicted octanol–water partition coefficient (Wildman–Crippen LogP) is 1.73. The molecule has 6 heteroatoms. The summed E-state index contributed by atoms with van der Waals surface area (Å²) in [4.78, 5) is 10.7. The van der Waals surface area contributed by atoms with Crippen molar-refractivity contribution in [2.75, 3.05) is 5.75 Å². The Morgan fingerprint density at radius 1 is 1.30 bits per heavy atom. The van der Waals surface area contributed by atoms with Gasteiger partial charge in [-0.3, -0.25) is 4.79 Å². The van der Waals surface area contributed by atoms with Crippen molar-refractivity contribution in [1.29, 1.82) is 5.26 Å². The summed E-state index contributed by atoms with van der Waals surface area (Å²) in [6.45, 7) is 0. The number of benzene rings is 1. The van der Waals surface area contributed by atoms with Gasteiger partial charge in [0.1, 0.15) is 0 Å². The van der Waals surface area contributed by atoms with E-state index in [1.54, 1.807) is 24.3 Å². The maximum Gasteiger partial charge on any atom is 0.303 e. The molecule has 20 heavy (non-hydrogen) atoms. The zero-order chi connectivity index (χ0) is 14.8. The first-order valence-corrected chi connectivity index (χ1v) is 8.08. The van der Waals surface area contributed by atoms with Crippen LogP contribution in [-0.4, -0.2) is 25.2 Å². The number of carboxylic acids is 1. The molecule has 0 unspecified atom stereocenters. The van der Waals surface area contributed by atoms with Gasteiger partial charge in [0.15, 0.2) is 9.84 Å². The first-order valence-electron chi connectivity index (χ1n) is 6.25. The van der Waals surface area contributed by atoms with Gasteiger partial charge in [-0.15, -0.1) is 0 Å². The Bertz CT molecular complexity index is 651. The molecule has 0 aliphatic heterocycles. The number of aliphatic carboxylic acids is 1. The van der Waals surface area contributed by atoms with E-state index in [0.29, 0.717) is 24.0 Å². The summed E-state index contributed by atoms with van der Waals surface area (Å²) in [5, 5.41) is 17.5. The second-order valence-electron chi connectivity index (χ2n) is 5.41. The van der Waals surface area contributed by atoms with Crippen molar-refractivity contribution in [2.24, 2.45) is 5.41 Å². The third-order valence-corrected chi connectivity index (χ3v) is 5.30. The van der Waals surface area contributed by atoms with Crippen LogP contribution in [0.2, 0.25) is 0 Å². The van der Waals surface area contributed by atoms with E-state index in [-0.39, 0.29) is 17.9 Å². The highest BCUT2D eigenvalue weighted by molar-refractivity contribution is 7.90. The molecule has 106 valence electrons. The molecule has 0 atom stereocenters. The number of carboxylic acid groups (broad SMARTS) is 1. The van der Waals surface area contributed by atoms with Crippen LogP contribution in [0.15, 0.2) is 24.3 Å². The monoisotopic (exact) mass is 293 g/mol. The Balaban J connectivity index is 2.04. The zero-order valence-corrected chi connectivity index (χ0v) is 11.7. The minimum Gasteiger partial charge on any atom is -0.481 e. The topological polar surface area (TPSA) is 95.2 Å². The van der Waals surface area contributed by atoms with E-state index in [1.807, 2.05) is 6.07 Å². The Kier molecular flexibility index (Phi) is 3.82. The average molecular weight is 293 g/mol. The lowest BCUT2D eigenvalue weighted by atomic mass is 10.1. The first kappa shape index (κ1) is 14.5. The van der Waals surface area contributed by atoms with Gasteiger partial charge >= 0.3 is 5.97 Å². The molecule has 0 spiro atoms. The van der Waals surface area contributed by atoms with E-state index in [0.717, 1.165) is 0 Å². The SMILES string of the molecule is N#Cc1ccc(CS(=O)(=O)CC2(CC(=O)O)CC2)cc1. The molecule has 0 aromatic heterocycles. The average Bonchev–Trinajstić information content (AvgIpc) is 3.06. The molecule has 1 aromatic rings. The first-order chi connectivity index (χ1) is 9.34. The highest BCUT2D eigenvalue weighted by atomic mass is 32.2. The van der Waals surface area contributed by atoms with Gasteiger partial charge in [-0.2, -0.15) is 5.26 Å². The molecule has 0 heterocycles. The number of hydrogen-bond acceptors (Lipinski definition) is 4. The van der Waals surface area contributed by atoms with Crippen molar-refractivity contribution in [3.8, 4) is 6.07 Å². The van der Waals surface area contributed by atoms with Crippen LogP contribution >= 0.6 is 0 Å². The number of nitrogens with zero attached hydrogens (tertiary/aromatic N) is 1. The molecule has 0 radical (unpaired) electrons. The Labute approximate surface area is 117 Å². The lowest BCUT2D eigenvalue weighted by Crippen LogP contribution is -2.21. The highest BCUT2D eigenvalue weighted by Gasteiger charge is 2.47. The molecule has 1 aromatic carbocycles. The standard InChI is InChI=1S/C14H15NO4S/c15-8-11-1-3-12(4-2-11)9-20(18,19)10-14(5-6-14)7-13(16)17/h1-4H,5-7,9-10H2,(H,16,17). The van der Waals surface area contributed by atoms with Gasteiger partial charge < -0.3 is 5.11 Å². The van der Waals surface area contributed by atoms with E-state index < -0.39 is 21.2 Å². The lowest BCUT2D eigenvalue weighted by molar-refractivity contribution is -0.138. The fourth-order valence-electron chi connectivity index (χ4n) is 2.32. The molecule has 1 aliphatic carbocycles. The number of hydrogen-bond donors (Lipinski definition) is 1. The van der Waals surface area contributed by atoms with Crippen molar-refractivity contribution in [2.45, 2.75) is 25.0 Å². The lowest BCUT2D eigenvalue weighted by Gasteiger charge is -2.12. The fourth-order valence-corrected chi connectivity index (χ4v) is 4.44. The van der Waals surface area contributed by atoms with Crippen molar-refractivity contribution >= 4 is 15.8 Å². The van der Waals surface area contributed by atoms with Crippen LogP contribution in [0.5, 0.6) is 0 Å². The molecule has 0 bridgehead atoms. The molecule has 1 N–H and O–H groups in total. The predicted molar refractivity (Wildman–Crippen MR) is 72.6 cm³/mol. The molecule has 1 aliphatic rings. The Hall–Kier alpha value is -1.87. The highest BCUT2D eigenvalue weighted by Crippen LogP contribution is 2.50. The Morgan fingerprint density at radius 2 is 1.90 bits per heavy atom. The van der Waals surface area contributed by atoms with Crippen molar-refractivity contribution in [3.05, 3.63) is 35.4 Å². The van der Waals surface area contributed by atoms with Crippen molar-refractivity contribution in [3.63, 3.8) is 0 Å². The normalized spacial score (nSPS) is 16.4. The van der Waals surface area contributed by atoms with Crippen LogP contribution in [-0.2, 0) is 20.4 Å². The van der Waals surface area contributed by atoms with Gasteiger partial charge in [0.2, 0.25) is 0 Å². The van der Waals surface area contributed by atoms with E-state index >= 15 is 0 Å². The smallest absolute Gasteiger partial charge is 0.303 e. The molecular formula is C14H15NO4S. The van der Waals surface area contributed by atoms with Gasteiger partial charge in [-0.05, 0) is 36.0 Å². The van der Waals surface area contributed by atoms with Crippen LogP contribution in [0.25, 0.3) is 0 Å². The summed E-state index contributed by atoms with van der Waals surface area (Å²) in [5.74, 6) is -1.14. The second-order valence-corrected chi connectivity index (χ2v) is 7.48. The summed E-state index contributed by atoms with van der Waals surface area (Å²) in [5.41, 5.74) is 0.544. The number of rotatable bonds is 6. The quantitative estimate of drug-likeness (QED) is 0.861. The van der Waals surface area contributed by atoms with E-state index in [1.165, 1.54) is 0 Å². The summed E-state index contributed by atoms with van der Waals surface area (Å²) in [7, 11) is -3.34. The largest absolute Gasteiger partial charge is 0.481 e.